The van der Waals surface area contributed by atoms with Gasteiger partial charge < -0.3 is 18.6 Å². The van der Waals surface area contributed by atoms with Crippen molar-refractivity contribution < 1.29 is 8.83 Å². The Bertz CT molecular complexity index is 1160. The van der Waals surface area contributed by atoms with Gasteiger partial charge in [-0.25, -0.2) is 9.78 Å². The number of pyridine rings is 1. The lowest BCUT2D eigenvalue weighted by Crippen LogP contribution is -2.44. The molecule has 27 heavy (non-hydrogen) atoms. The summed E-state index contributed by atoms with van der Waals surface area (Å²) >= 11 is 0. The minimum absolute atomic E-state index is 0.225. The van der Waals surface area contributed by atoms with E-state index in [-0.39, 0.29) is 5.89 Å². The molecular weight excluding hydrogens is 344 g/mol. The van der Waals surface area contributed by atoms with Crippen LogP contribution in [-0.2, 0) is 0 Å². The Morgan fingerprint density at radius 3 is 2.67 bits per heavy atom. The van der Waals surface area contributed by atoms with Crippen molar-refractivity contribution in [1.29, 1.82) is 0 Å². The molecule has 0 amide bonds. The van der Waals surface area contributed by atoms with Crippen molar-refractivity contribution in [2.45, 2.75) is 0 Å². The standard InChI is InChI=1S/C20H18N4O3/c1-23-7-9-24(10-8-23)14-5-4-13-11-15(20(25)27-17(13)12-14)19-22-18-16(26-19)3-2-6-21-18/h2-6,11-12H,7-10H2,1H3. The fourth-order valence-electron chi connectivity index (χ4n) is 3.39. The van der Waals surface area contributed by atoms with E-state index in [0.29, 0.717) is 22.4 Å². The molecule has 3 aromatic heterocycles. The lowest BCUT2D eigenvalue weighted by molar-refractivity contribution is 0.313. The normalized spacial score (nSPS) is 15.7. The number of aromatic nitrogens is 2. The minimum atomic E-state index is -0.468. The molecule has 0 bridgehead atoms. The molecule has 1 fully saturated rings. The smallest absolute Gasteiger partial charge is 0.349 e. The third-order valence-electron chi connectivity index (χ3n) is 4.98. The van der Waals surface area contributed by atoms with Crippen LogP contribution in [0.15, 0.2) is 56.2 Å². The van der Waals surface area contributed by atoms with Gasteiger partial charge in [0.1, 0.15) is 11.1 Å². The number of likely N-dealkylation sites (N-methyl/N-ethyl adjacent to an activating group) is 1. The van der Waals surface area contributed by atoms with Crippen LogP contribution in [0.25, 0.3) is 33.7 Å². The first-order valence-electron chi connectivity index (χ1n) is 8.91. The fraction of sp³-hybridized carbons (Fsp3) is 0.250. The molecule has 4 heterocycles. The maximum atomic E-state index is 12.5. The summed E-state index contributed by atoms with van der Waals surface area (Å²) in [5.74, 6) is 0.225. The SMILES string of the molecule is CN1CCN(c2ccc3cc(-c4nc5ncccc5o4)c(=O)oc3c2)CC1. The van der Waals surface area contributed by atoms with Crippen molar-refractivity contribution in [1.82, 2.24) is 14.9 Å². The molecule has 7 nitrogen and oxygen atoms in total. The fourth-order valence-corrected chi connectivity index (χ4v) is 3.39. The van der Waals surface area contributed by atoms with E-state index in [0.717, 1.165) is 37.3 Å². The summed E-state index contributed by atoms with van der Waals surface area (Å²) < 4.78 is 11.2. The van der Waals surface area contributed by atoms with Crippen molar-refractivity contribution in [3.63, 3.8) is 0 Å². The minimum Gasteiger partial charge on any atom is -0.434 e. The number of hydrogen-bond acceptors (Lipinski definition) is 7. The molecule has 0 radical (unpaired) electrons. The zero-order valence-electron chi connectivity index (χ0n) is 14.9. The Hall–Kier alpha value is -3.19. The Kier molecular flexibility index (Phi) is 3.68. The van der Waals surface area contributed by atoms with Crippen molar-refractivity contribution in [3.8, 4) is 11.5 Å². The first-order chi connectivity index (χ1) is 13.2. The topological polar surface area (TPSA) is 75.6 Å². The zero-order chi connectivity index (χ0) is 18.4. The van der Waals surface area contributed by atoms with Crippen molar-refractivity contribution in [2.75, 3.05) is 38.1 Å². The second-order valence-corrected chi connectivity index (χ2v) is 6.80. The summed E-state index contributed by atoms with van der Waals surface area (Å²) in [6, 6.07) is 11.3. The average molecular weight is 362 g/mol. The van der Waals surface area contributed by atoms with E-state index >= 15 is 0 Å². The van der Waals surface area contributed by atoms with Gasteiger partial charge in [0, 0.05) is 49.5 Å². The van der Waals surface area contributed by atoms with Crippen molar-refractivity contribution in [2.24, 2.45) is 0 Å². The molecule has 5 rings (SSSR count). The summed E-state index contributed by atoms with van der Waals surface area (Å²) in [6.07, 6.45) is 1.64. The molecule has 0 saturated carbocycles. The Balaban J connectivity index is 1.55. The number of nitrogens with zero attached hydrogens (tertiary/aromatic N) is 4. The van der Waals surface area contributed by atoms with Crippen LogP contribution in [0.4, 0.5) is 5.69 Å². The van der Waals surface area contributed by atoms with Gasteiger partial charge in [-0.2, -0.15) is 4.98 Å². The highest BCUT2D eigenvalue weighted by molar-refractivity contribution is 5.84. The van der Waals surface area contributed by atoms with Gasteiger partial charge in [-0.1, -0.05) is 0 Å². The first kappa shape index (κ1) is 16.0. The maximum absolute atomic E-state index is 12.5. The number of anilines is 1. The van der Waals surface area contributed by atoms with E-state index in [2.05, 4.69) is 32.9 Å². The lowest BCUT2D eigenvalue weighted by Gasteiger charge is -2.34. The van der Waals surface area contributed by atoms with Crippen LogP contribution in [0.5, 0.6) is 0 Å². The van der Waals surface area contributed by atoms with E-state index in [1.54, 1.807) is 24.4 Å². The largest absolute Gasteiger partial charge is 0.434 e. The zero-order valence-corrected chi connectivity index (χ0v) is 14.9. The van der Waals surface area contributed by atoms with E-state index in [4.69, 9.17) is 8.83 Å². The maximum Gasteiger partial charge on any atom is 0.349 e. The van der Waals surface area contributed by atoms with Crippen LogP contribution >= 0.6 is 0 Å². The number of oxazole rings is 1. The van der Waals surface area contributed by atoms with Gasteiger partial charge in [0.2, 0.25) is 5.89 Å². The van der Waals surface area contributed by atoms with E-state index in [1.165, 1.54) is 0 Å². The van der Waals surface area contributed by atoms with Crippen molar-refractivity contribution >= 4 is 27.9 Å². The molecule has 0 N–H and O–H groups in total. The van der Waals surface area contributed by atoms with Gasteiger partial charge in [-0.15, -0.1) is 0 Å². The number of hydrogen-bond donors (Lipinski definition) is 0. The Labute approximate surface area is 154 Å². The van der Waals surface area contributed by atoms with E-state index < -0.39 is 5.63 Å². The molecular formula is C20H18N4O3. The quantitative estimate of drug-likeness (QED) is 0.508. The molecule has 1 aliphatic rings. The summed E-state index contributed by atoms with van der Waals surface area (Å²) in [7, 11) is 2.12. The Morgan fingerprint density at radius 2 is 1.85 bits per heavy atom. The average Bonchev–Trinajstić information content (AvgIpc) is 3.11. The number of fused-ring (bicyclic) bond motifs is 2. The van der Waals surface area contributed by atoms with Gasteiger partial charge >= 0.3 is 5.63 Å². The third-order valence-corrected chi connectivity index (χ3v) is 4.98. The molecule has 1 aliphatic heterocycles. The highest BCUT2D eigenvalue weighted by atomic mass is 16.4. The monoisotopic (exact) mass is 362 g/mol. The second kappa shape index (κ2) is 6.21. The summed E-state index contributed by atoms with van der Waals surface area (Å²) in [6.45, 7) is 3.96. The van der Waals surface area contributed by atoms with Crippen LogP contribution in [0.2, 0.25) is 0 Å². The molecule has 1 saturated heterocycles. The van der Waals surface area contributed by atoms with E-state index in [9.17, 15) is 4.79 Å². The molecule has 0 spiro atoms. The van der Waals surface area contributed by atoms with Crippen LogP contribution in [0, 0.1) is 0 Å². The molecule has 136 valence electrons. The van der Waals surface area contributed by atoms with Gasteiger partial charge in [-0.05, 0) is 37.4 Å². The highest BCUT2D eigenvalue weighted by Crippen LogP contribution is 2.26. The number of rotatable bonds is 2. The van der Waals surface area contributed by atoms with Crippen molar-refractivity contribution in [3.05, 3.63) is 53.0 Å². The van der Waals surface area contributed by atoms with Gasteiger partial charge in [-0.3, -0.25) is 0 Å². The summed E-state index contributed by atoms with van der Waals surface area (Å²) in [5.41, 5.74) is 2.47. The molecule has 4 aromatic rings. The van der Waals surface area contributed by atoms with Gasteiger partial charge in [0.15, 0.2) is 11.2 Å². The number of benzene rings is 1. The number of piperazine rings is 1. The van der Waals surface area contributed by atoms with Gasteiger partial charge in [0.05, 0.1) is 0 Å². The molecule has 1 aromatic carbocycles. The van der Waals surface area contributed by atoms with Crippen LogP contribution in [0.1, 0.15) is 0 Å². The highest BCUT2D eigenvalue weighted by Gasteiger charge is 2.17. The van der Waals surface area contributed by atoms with Crippen LogP contribution in [0.3, 0.4) is 0 Å². The first-order valence-corrected chi connectivity index (χ1v) is 8.91. The van der Waals surface area contributed by atoms with E-state index in [1.807, 2.05) is 12.1 Å². The molecule has 0 atom stereocenters. The second-order valence-electron chi connectivity index (χ2n) is 6.80. The Morgan fingerprint density at radius 1 is 1.00 bits per heavy atom. The lowest BCUT2D eigenvalue weighted by atomic mass is 10.1. The molecule has 0 aliphatic carbocycles. The third kappa shape index (κ3) is 2.86. The summed E-state index contributed by atoms with van der Waals surface area (Å²) in [4.78, 5) is 25.6. The predicted molar refractivity (Wildman–Crippen MR) is 103 cm³/mol. The predicted octanol–water partition coefficient (Wildman–Crippen LogP) is 2.75. The van der Waals surface area contributed by atoms with Gasteiger partial charge in [0.25, 0.3) is 0 Å². The molecule has 7 heteroatoms. The van der Waals surface area contributed by atoms with Crippen LogP contribution < -0.4 is 10.5 Å². The molecule has 0 unspecified atom stereocenters. The summed E-state index contributed by atoms with van der Waals surface area (Å²) in [5, 5.41) is 0.831. The van der Waals surface area contributed by atoms with Crippen LogP contribution in [-0.4, -0.2) is 48.1 Å².